The van der Waals surface area contributed by atoms with Gasteiger partial charge in [-0.1, -0.05) is 35.5 Å². The number of nitrogens with one attached hydrogen (secondary N) is 1. The molecule has 0 spiro atoms. The van der Waals surface area contributed by atoms with Crippen LogP contribution in [0.5, 0.6) is 5.75 Å². The van der Waals surface area contributed by atoms with Crippen molar-refractivity contribution in [3.63, 3.8) is 0 Å². The Kier molecular flexibility index (Phi) is 6.03. The van der Waals surface area contributed by atoms with Gasteiger partial charge in [0.1, 0.15) is 17.3 Å². The number of ether oxygens (including phenoxy) is 1. The lowest BCUT2D eigenvalue weighted by Crippen LogP contribution is -2.12. The summed E-state index contributed by atoms with van der Waals surface area (Å²) in [5, 5.41) is 6.84. The van der Waals surface area contributed by atoms with Crippen molar-refractivity contribution in [2.45, 2.75) is 12.8 Å². The summed E-state index contributed by atoms with van der Waals surface area (Å²) in [7, 11) is 1.47. The maximum Gasteiger partial charge on any atom is 0.239 e. The molecule has 2 aromatic carbocycles. The van der Waals surface area contributed by atoms with Gasteiger partial charge in [0, 0.05) is 30.4 Å². The Bertz CT molecular complexity index is 1180. The molecule has 0 aliphatic carbocycles. The third kappa shape index (κ3) is 4.61. The first-order valence-electron chi connectivity index (χ1n) is 9.73. The zero-order valence-electron chi connectivity index (χ0n) is 16.8. The van der Waals surface area contributed by atoms with E-state index in [0.717, 1.165) is 5.56 Å². The van der Waals surface area contributed by atoms with Gasteiger partial charge in [-0.15, -0.1) is 0 Å². The molecule has 7 heteroatoms. The average molecular weight is 417 g/mol. The first-order valence-corrected chi connectivity index (χ1v) is 9.73. The minimum atomic E-state index is -0.509. The number of rotatable bonds is 7. The lowest BCUT2D eigenvalue weighted by Gasteiger charge is -2.08. The lowest BCUT2D eigenvalue weighted by molar-refractivity contribution is -0.116. The van der Waals surface area contributed by atoms with E-state index in [1.54, 1.807) is 36.7 Å². The molecular formula is C24H20FN3O3. The lowest BCUT2D eigenvalue weighted by atomic mass is 10.0. The van der Waals surface area contributed by atoms with Gasteiger partial charge in [0.25, 0.3) is 0 Å². The van der Waals surface area contributed by atoms with Crippen molar-refractivity contribution < 1.29 is 18.4 Å². The fraction of sp³-hybridized carbons (Fsp3) is 0.125. The zero-order valence-corrected chi connectivity index (χ0v) is 16.8. The summed E-state index contributed by atoms with van der Waals surface area (Å²) >= 11 is 0. The molecule has 0 saturated heterocycles. The Labute approximate surface area is 178 Å². The summed E-state index contributed by atoms with van der Waals surface area (Å²) in [5.74, 6) is -0.180. The first kappa shape index (κ1) is 20.3. The largest absolute Gasteiger partial charge is 0.497 e. The quantitative estimate of drug-likeness (QED) is 0.451. The molecule has 2 heterocycles. The minimum absolute atomic E-state index is 0.162. The summed E-state index contributed by atoms with van der Waals surface area (Å²) in [6, 6.07) is 17.7. The van der Waals surface area contributed by atoms with Gasteiger partial charge in [0.15, 0.2) is 0 Å². The summed E-state index contributed by atoms with van der Waals surface area (Å²) < 4.78 is 25.2. The molecule has 1 N–H and O–H groups in total. The van der Waals surface area contributed by atoms with Crippen LogP contribution in [0.2, 0.25) is 0 Å². The minimum Gasteiger partial charge on any atom is -0.497 e. The van der Waals surface area contributed by atoms with Crippen molar-refractivity contribution in [3.05, 3.63) is 84.4 Å². The van der Waals surface area contributed by atoms with Crippen LogP contribution in [0.15, 0.2) is 77.6 Å². The van der Waals surface area contributed by atoms with E-state index in [1.165, 1.54) is 13.2 Å². The van der Waals surface area contributed by atoms with Gasteiger partial charge in [0.05, 0.1) is 12.7 Å². The van der Waals surface area contributed by atoms with Crippen molar-refractivity contribution in [3.8, 4) is 28.1 Å². The predicted molar refractivity (Wildman–Crippen MR) is 115 cm³/mol. The highest BCUT2D eigenvalue weighted by Gasteiger charge is 2.23. The predicted octanol–water partition coefficient (Wildman–Crippen LogP) is 5.12. The molecular weight excluding hydrogens is 397 g/mol. The molecule has 4 aromatic rings. The van der Waals surface area contributed by atoms with Crippen molar-refractivity contribution in [1.29, 1.82) is 0 Å². The van der Waals surface area contributed by atoms with Gasteiger partial charge in [-0.05, 0) is 41.8 Å². The molecule has 0 radical (unpaired) electrons. The highest BCUT2D eigenvalue weighted by molar-refractivity contribution is 5.97. The maximum absolute atomic E-state index is 14.7. The average Bonchev–Trinajstić information content (AvgIpc) is 3.21. The van der Waals surface area contributed by atoms with E-state index in [4.69, 9.17) is 9.26 Å². The molecule has 0 fully saturated rings. The van der Waals surface area contributed by atoms with Crippen LogP contribution in [0.25, 0.3) is 22.4 Å². The second-order valence-electron chi connectivity index (χ2n) is 6.85. The number of methoxy groups -OCH3 is 1. The third-order valence-electron chi connectivity index (χ3n) is 4.83. The fourth-order valence-corrected chi connectivity index (χ4v) is 3.25. The van der Waals surface area contributed by atoms with Crippen molar-refractivity contribution >= 4 is 11.8 Å². The standard InChI is InChI=1S/C24H20FN3O3/c1-30-18-8-9-19(20(25)15-18)23-22(17-11-13-26-14-12-17)24(31-28-23)27-21(29)10-7-16-5-3-2-4-6-16/h2-6,8-9,11-15H,7,10H2,1H3,(H,27,29). The third-order valence-corrected chi connectivity index (χ3v) is 4.83. The van der Waals surface area contributed by atoms with Gasteiger partial charge >= 0.3 is 0 Å². The van der Waals surface area contributed by atoms with Crippen molar-refractivity contribution in [1.82, 2.24) is 10.1 Å². The molecule has 0 aliphatic rings. The highest BCUT2D eigenvalue weighted by atomic mass is 19.1. The monoisotopic (exact) mass is 417 g/mol. The van der Waals surface area contributed by atoms with Crippen LogP contribution in [0.3, 0.4) is 0 Å². The van der Waals surface area contributed by atoms with E-state index in [-0.39, 0.29) is 29.5 Å². The Balaban J connectivity index is 1.65. The number of carbonyl (C=O) groups is 1. The Morgan fingerprint density at radius 1 is 1.10 bits per heavy atom. The van der Waals surface area contributed by atoms with Crippen molar-refractivity contribution in [2.24, 2.45) is 0 Å². The number of halogens is 1. The normalized spacial score (nSPS) is 10.6. The molecule has 0 atom stereocenters. The molecule has 0 saturated carbocycles. The van der Waals surface area contributed by atoms with Crippen LogP contribution < -0.4 is 10.1 Å². The van der Waals surface area contributed by atoms with Crippen LogP contribution in [0, 0.1) is 5.82 Å². The highest BCUT2D eigenvalue weighted by Crippen LogP contribution is 2.39. The number of hydrogen-bond acceptors (Lipinski definition) is 5. The number of carbonyl (C=O) groups excluding carboxylic acids is 1. The fourth-order valence-electron chi connectivity index (χ4n) is 3.25. The van der Waals surface area contributed by atoms with Gasteiger partial charge in [0.2, 0.25) is 11.8 Å². The van der Waals surface area contributed by atoms with Crippen LogP contribution >= 0.6 is 0 Å². The summed E-state index contributed by atoms with van der Waals surface area (Å²) in [4.78, 5) is 16.6. The van der Waals surface area contributed by atoms with E-state index in [2.05, 4.69) is 15.5 Å². The van der Waals surface area contributed by atoms with Crippen LogP contribution in [0.4, 0.5) is 10.3 Å². The number of aryl methyl sites for hydroxylation is 1. The Morgan fingerprint density at radius 2 is 1.87 bits per heavy atom. The molecule has 4 rings (SSSR count). The summed E-state index contributed by atoms with van der Waals surface area (Å²) in [5.41, 5.74) is 2.76. The first-order chi connectivity index (χ1) is 15.2. The van der Waals surface area contributed by atoms with Crippen LogP contribution in [-0.4, -0.2) is 23.2 Å². The smallest absolute Gasteiger partial charge is 0.239 e. The molecule has 0 unspecified atom stereocenters. The topological polar surface area (TPSA) is 77.3 Å². The molecule has 156 valence electrons. The summed E-state index contributed by atoms with van der Waals surface area (Å²) in [6.07, 6.45) is 4.08. The van der Waals surface area contributed by atoms with Crippen LogP contribution in [-0.2, 0) is 11.2 Å². The van der Waals surface area contributed by atoms with E-state index in [9.17, 15) is 9.18 Å². The van der Waals surface area contributed by atoms with Gasteiger partial charge < -0.3 is 9.26 Å². The van der Waals surface area contributed by atoms with Crippen molar-refractivity contribution in [2.75, 3.05) is 12.4 Å². The van der Waals surface area contributed by atoms with Crippen LogP contribution in [0.1, 0.15) is 12.0 Å². The van der Waals surface area contributed by atoms with E-state index < -0.39 is 5.82 Å². The number of aromatic nitrogens is 2. The van der Waals surface area contributed by atoms with Gasteiger partial charge in [-0.3, -0.25) is 15.1 Å². The van der Waals surface area contributed by atoms with Gasteiger partial charge in [-0.2, -0.15) is 0 Å². The number of nitrogens with zero attached hydrogens (tertiary/aromatic N) is 2. The van der Waals surface area contributed by atoms with E-state index >= 15 is 0 Å². The number of benzene rings is 2. The number of hydrogen-bond donors (Lipinski definition) is 1. The number of amides is 1. The Morgan fingerprint density at radius 3 is 2.58 bits per heavy atom. The summed E-state index contributed by atoms with van der Waals surface area (Å²) in [6.45, 7) is 0. The van der Waals surface area contributed by atoms with Gasteiger partial charge in [-0.25, -0.2) is 4.39 Å². The number of anilines is 1. The molecule has 1 amide bonds. The molecule has 0 aliphatic heterocycles. The number of pyridine rings is 1. The van der Waals surface area contributed by atoms with E-state index in [1.807, 2.05) is 30.3 Å². The molecule has 0 bridgehead atoms. The molecule has 2 aromatic heterocycles. The van der Waals surface area contributed by atoms with E-state index in [0.29, 0.717) is 23.3 Å². The SMILES string of the molecule is COc1ccc(-c2noc(NC(=O)CCc3ccccc3)c2-c2ccncc2)c(F)c1. The second-order valence-corrected chi connectivity index (χ2v) is 6.85. The zero-order chi connectivity index (χ0) is 21.6. The Hall–Kier alpha value is -4.00. The second kappa shape index (κ2) is 9.21. The maximum atomic E-state index is 14.7. The molecule has 31 heavy (non-hydrogen) atoms. The molecule has 6 nitrogen and oxygen atoms in total.